The van der Waals surface area contributed by atoms with Crippen molar-refractivity contribution in [1.29, 1.82) is 0 Å². The van der Waals surface area contributed by atoms with Gasteiger partial charge in [-0.1, -0.05) is 32.4 Å². The molecule has 2 aliphatic rings. The van der Waals surface area contributed by atoms with Gasteiger partial charge in [-0.2, -0.15) is 0 Å². The molecular weight excluding hydrogens is 367 g/mol. The van der Waals surface area contributed by atoms with E-state index in [9.17, 15) is 9.18 Å². The molecule has 4 nitrogen and oxygen atoms in total. The SMILES string of the molecule is CCCCNC(=O)Oc1cccc2c1-c1cc(F)cc3c1C(C2)N(CCC)CC3. The maximum Gasteiger partial charge on any atom is 0.412 e. The molecule has 0 aromatic heterocycles. The Hall–Kier alpha value is -2.40. The van der Waals surface area contributed by atoms with Crippen LogP contribution in [-0.2, 0) is 12.8 Å². The zero-order valence-electron chi connectivity index (χ0n) is 17.3. The summed E-state index contributed by atoms with van der Waals surface area (Å²) in [6.07, 6.45) is 4.27. The molecule has 0 bridgehead atoms. The van der Waals surface area contributed by atoms with Crippen LogP contribution in [0.5, 0.6) is 5.75 Å². The second-order valence-corrected chi connectivity index (χ2v) is 7.99. The number of hydrogen-bond acceptors (Lipinski definition) is 3. The Bertz CT molecular complexity index is 912. The van der Waals surface area contributed by atoms with Crippen molar-refractivity contribution in [3.05, 3.63) is 52.8 Å². The average Bonchev–Trinajstić information content (AvgIpc) is 2.70. The molecule has 5 heteroatoms. The Morgan fingerprint density at radius 1 is 1.24 bits per heavy atom. The van der Waals surface area contributed by atoms with Gasteiger partial charge in [-0.3, -0.25) is 4.90 Å². The van der Waals surface area contributed by atoms with Crippen molar-refractivity contribution in [2.24, 2.45) is 0 Å². The van der Waals surface area contributed by atoms with Crippen LogP contribution in [0.4, 0.5) is 9.18 Å². The number of hydrogen-bond donors (Lipinski definition) is 1. The highest BCUT2D eigenvalue weighted by atomic mass is 19.1. The van der Waals surface area contributed by atoms with Crippen molar-refractivity contribution in [2.45, 2.75) is 52.0 Å². The lowest BCUT2D eigenvalue weighted by atomic mass is 9.76. The van der Waals surface area contributed by atoms with E-state index in [1.807, 2.05) is 12.1 Å². The normalized spacial score (nSPS) is 17.4. The standard InChI is InChI=1S/C24H29FN2O2/c1-3-5-10-26-24(28)29-21-8-6-7-16-14-20-22-17(9-12-27(20)11-4-2)13-18(25)15-19(22)23(16)21/h6-8,13,15,20H,3-5,9-12,14H2,1-2H3,(H,26,28). The summed E-state index contributed by atoms with van der Waals surface area (Å²) in [5, 5.41) is 2.80. The van der Waals surface area contributed by atoms with E-state index in [0.29, 0.717) is 12.3 Å². The molecule has 1 N–H and O–H groups in total. The van der Waals surface area contributed by atoms with E-state index in [4.69, 9.17) is 4.74 Å². The Kier molecular flexibility index (Phi) is 5.86. The molecule has 0 fully saturated rings. The van der Waals surface area contributed by atoms with Crippen LogP contribution in [0.25, 0.3) is 11.1 Å². The number of nitrogens with zero attached hydrogens (tertiary/aromatic N) is 1. The van der Waals surface area contributed by atoms with E-state index in [-0.39, 0.29) is 11.9 Å². The van der Waals surface area contributed by atoms with Gasteiger partial charge >= 0.3 is 6.09 Å². The molecule has 1 amide bonds. The number of nitrogens with one attached hydrogen (secondary N) is 1. The second-order valence-electron chi connectivity index (χ2n) is 7.99. The first kappa shape index (κ1) is 19.9. The van der Waals surface area contributed by atoms with Crippen molar-refractivity contribution in [1.82, 2.24) is 10.2 Å². The molecule has 0 spiro atoms. The number of ether oxygens (including phenoxy) is 1. The van der Waals surface area contributed by atoms with E-state index in [1.165, 1.54) is 5.56 Å². The van der Waals surface area contributed by atoms with Gasteiger partial charge in [-0.05, 0) is 72.7 Å². The van der Waals surface area contributed by atoms with Crippen LogP contribution in [0, 0.1) is 5.82 Å². The number of amides is 1. The summed E-state index contributed by atoms with van der Waals surface area (Å²) in [4.78, 5) is 14.8. The molecule has 4 rings (SSSR count). The fourth-order valence-corrected chi connectivity index (χ4v) is 4.72. The Morgan fingerprint density at radius 3 is 2.90 bits per heavy atom. The van der Waals surface area contributed by atoms with Crippen LogP contribution in [-0.4, -0.2) is 30.6 Å². The zero-order valence-corrected chi connectivity index (χ0v) is 17.3. The number of benzene rings is 2. The van der Waals surface area contributed by atoms with Crippen molar-refractivity contribution in [2.75, 3.05) is 19.6 Å². The highest BCUT2D eigenvalue weighted by molar-refractivity contribution is 5.83. The molecule has 2 aromatic rings. The minimum Gasteiger partial charge on any atom is -0.410 e. The average molecular weight is 397 g/mol. The maximum absolute atomic E-state index is 14.5. The molecule has 1 aliphatic carbocycles. The van der Waals surface area contributed by atoms with E-state index in [1.54, 1.807) is 12.1 Å². The van der Waals surface area contributed by atoms with Crippen LogP contribution in [0.1, 0.15) is 55.8 Å². The number of carbonyl (C=O) groups is 1. The summed E-state index contributed by atoms with van der Waals surface area (Å²) in [5.74, 6) is 0.284. The third-order valence-corrected chi connectivity index (χ3v) is 5.98. The number of carbonyl (C=O) groups excluding carboxylic acids is 1. The van der Waals surface area contributed by atoms with Gasteiger partial charge in [-0.25, -0.2) is 9.18 Å². The molecule has 154 valence electrons. The largest absolute Gasteiger partial charge is 0.412 e. The molecular formula is C24H29FN2O2. The highest BCUT2D eigenvalue weighted by Crippen LogP contribution is 2.48. The lowest BCUT2D eigenvalue weighted by Crippen LogP contribution is -2.39. The van der Waals surface area contributed by atoms with Gasteiger partial charge < -0.3 is 10.1 Å². The molecule has 2 aromatic carbocycles. The quantitative estimate of drug-likeness (QED) is 0.679. The Morgan fingerprint density at radius 2 is 2.10 bits per heavy atom. The molecule has 1 aliphatic heterocycles. The van der Waals surface area contributed by atoms with E-state index >= 15 is 0 Å². The van der Waals surface area contributed by atoms with Gasteiger partial charge in [0.15, 0.2) is 0 Å². The summed E-state index contributed by atoms with van der Waals surface area (Å²) in [5.41, 5.74) is 5.15. The second kappa shape index (κ2) is 8.54. The van der Waals surface area contributed by atoms with Gasteiger partial charge in [0.25, 0.3) is 0 Å². The molecule has 0 saturated heterocycles. The summed E-state index contributed by atoms with van der Waals surface area (Å²) in [7, 11) is 0. The Labute approximate surface area is 172 Å². The lowest BCUT2D eigenvalue weighted by Gasteiger charge is -2.42. The maximum atomic E-state index is 14.5. The highest BCUT2D eigenvalue weighted by Gasteiger charge is 2.35. The van der Waals surface area contributed by atoms with Crippen molar-refractivity contribution in [3.8, 4) is 16.9 Å². The monoisotopic (exact) mass is 396 g/mol. The van der Waals surface area contributed by atoms with Crippen molar-refractivity contribution in [3.63, 3.8) is 0 Å². The molecule has 1 unspecified atom stereocenters. The van der Waals surface area contributed by atoms with Crippen molar-refractivity contribution >= 4 is 6.09 Å². The van der Waals surface area contributed by atoms with Crippen LogP contribution in [0.15, 0.2) is 30.3 Å². The van der Waals surface area contributed by atoms with Gasteiger partial charge in [0.2, 0.25) is 0 Å². The Balaban J connectivity index is 1.74. The summed E-state index contributed by atoms with van der Waals surface area (Å²) >= 11 is 0. The van der Waals surface area contributed by atoms with Crippen molar-refractivity contribution < 1.29 is 13.9 Å². The van der Waals surface area contributed by atoms with Gasteiger partial charge in [0.1, 0.15) is 11.6 Å². The summed E-state index contributed by atoms with van der Waals surface area (Å²) < 4.78 is 20.2. The lowest BCUT2D eigenvalue weighted by molar-refractivity contribution is 0.182. The van der Waals surface area contributed by atoms with E-state index in [2.05, 4.69) is 30.1 Å². The third kappa shape index (κ3) is 3.88. The van der Waals surface area contributed by atoms with Gasteiger partial charge in [0, 0.05) is 24.7 Å². The number of fused-ring (bicyclic) bond motifs is 2. The molecule has 1 atom stereocenters. The van der Waals surface area contributed by atoms with E-state index in [0.717, 1.165) is 67.4 Å². The van der Waals surface area contributed by atoms with Gasteiger partial charge in [0.05, 0.1) is 0 Å². The molecule has 0 saturated carbocycles. The van der Waals surface area contributed by atoms with E-state index < -0.39 is 6.09 Å². The minimum atomic E-state index is -0.452. The smallest absolute Gasteiger partial charge is 0.410 e. The first-order chi connectivity index (χ1) is 14.1. The fourth-order valence-electron chi connectivity index (χ4n) is 4.72. The zero-order chi connectivity index (χ0) is 20.4. The van der Waals surface area contributed by atoms with Crippen LogP contribution in [0.3, 0.4) is 0 Å². The molecule has 1 heterocycles. The van der Waals surface area contributed by atoms with Crippen LogP contribution >= 0.6 is 0 Å². The van der Waals surface area contributed by atoms with Crippen LogP contribution in [0.2, 0.25) is 0 Å². The first-order valence-corrected chi connectivity index (χ1v) is 10.8. The summed E-state index contributed by atoms with van der Waals surface area (Å²) in [6.45, 7) is 6.85. The fraction of sp³-hybridized carbons (Fsp3) is 0.458. The third-order valence-electron chi connectivity index (χ3n) is 5.98. The predicted octanol–water partition coefficient (Wildman–Crippen LogP) is 5.25. The first-order valence-electron chi connectivity index (χ1n) is 10.8. The topological polar surface area (TPSA) is 41.6 Å². The van der Waals surface area contributed by atoms with Crippen LogP contribution < -0.4 is 10.1 Å². The molecule has 0 radical (unpaired) electrons. The number of rotatable bonds is 6. The molecule has 29 heavy (non-hydrogen) atoms. The minimum absolute atomic E-state index is 0.225. The predicted molar refractivity (Wildman–Crippen MR) is 113 cm³/mol. The van der Waals surface area contributed by atoms with Gasteiger partial charge in [-0.15, -0.1) is 0 Å². The number of halogens is 1. The summed E-state index contributed by atoms with van der Waals surface area (Å²) in [6, 6.07) is 9.36. The number of unbranched alkanes of at least 4 members (excludes halogenated alkanes) is 1.